The van der Waals surface area contributed by atoms with E-state index in [1.165, 1.54) is 0 Å². The van der Waals surface area contributed by atoms with Gasteiger partial charge in [0.05, 0.1) is 29.0 Å². The Labute approximate surface area is 110 Å². The molecular weight excluding hydrogens is 236 g/mol. The molecule has 0 atom stereocenters. The van der Waals surface area contributed by atoms with Crippen LogP contribution in [0.4, 0.5) is 5.69 Å². The molecule has 4 nitrogen and oxygen atoms in total. The molecule has 0 radical (unpaired) electrons. The molecule has 0 saturated heterocycles. The third-order valence-corrected chi connectivity index (χ3v) is 3.08. The Morgan fingerprint density at radius 3 is 2.95 bits per heavy atom. The van der Waals surface area contributed by atoms with Crippen molar-refractivity contribution in [3.63, 3.8) is 0 Å². The first-order valence-electron chi connectivity index (χ1n) is 6.02. The number of aromatic nitrogens is 2. The Hall–Kier alpha value is -2.80. The van der Waals surface area contributed by atoms with Crippen LogP contribution in [0, 0.1) is 11.3 Å². The first kappa shape index (κ1) is 11.3. The van der Waals surface area contributed by atoms with Crippen molar-refractivity contribution >= 4 is 16.6 Å². The van der Waals surface area contributed by atoms with Crippen LogP contribution in [0.3, 0.4) is 0 Å². The van der Waals surface area contributed by atoms with Crippen molar-refractivity contribution in [3.05, 3.63) is 59.8 Å². The van der Waals surface area contributed by atoms with Crippen molar-refractivity contribution < 1.29 is 0 Å². The minimum absolute atomic E-state index is 0.613. The van der Waals surface area contributed by atoms with Gasteiger partial charge < -0.3 is 5.32 Å². The molecule has 92 valence electrons. The maximum atomic E-state index is 9.06. The summed E-state index contributed by atoms with van der Waals surface area (Å²) >= 11 is 0. The highest BCUT2D eigenvalue weighted by atomic mass is 15.1. The van der Waals surface area contributed by atoms with E-state index in [0.717, 1.165) is 22.2 Å². The molecule has 3 rings (SSSR count). The number of hydrogen-bond acceptors (Lipinski definition) is 3. The molecule has 1 aromatic heterocycles. The van der Waals surface area contributed by atoms with Crippen LogP contribution < -0.4 is 5.32 Å². The smallest absolute Gasteiger partial charge is 0.0995 e. The minimum atomic E-state index is 0.613. The third kappa shape index (κ3) is 2.14. The van der Waals surface area contributed by atoms with Crippen molar-refractivity contribution in [3.8, 4) is 6.07 Å². The van der Waals surface area contributed by atoms with Gasteiger partial charge in [0.25, 0.3) is 0 Å². The molecule has 2 aromatic carbocycles. The van der Waals surface area contributed by atoms with E-state index in [1.807, 2.05) is 42.5 Å². The summed E-state index contributed by atoms with van der Waals surface area (Å²) in [6.07, 6.45) is 1.80. The lowest BCUT2D eigenvalue weighted by atomic mass is 10.1. The SMILES string of the molecule is N#Cc1ccccc1CNc1cccc2cn[nH]c12. The summed E-state index contributed by atoms with van der Waals surface area (Å²) in [6, 6.07) is 15.8. The number of rotatable bonds is 3. The molecule has 0 bridgehead atoms. The van der Waals surface area contributed by atoms with Gasteiger partial charge in [-0.2, -0.15) is 10.4 Å². The zero-order chi connectivity index (χ0) is 13.1. The number of nitriles is 1. The van der Waals surface area contributed by atoms with Crippen molar-refractivity contribution in [1.29, 1.82) is 5.26 Å². The van der Waals surface area contributed by atoms with Crippen LogP contribution in [0.1, 0.15) is 11.1 Å². The quantitative estimate of drug-likeness (QED) is 0.748. The number of nitrogens with one attached hydrogen (secondary N) is 2. The van der Waals surface area contributed by atoms with E-state index >= 15 is 0 Å². The zero-order valence-electron chi connectivity index (χ0n) is 10.2. The molecule has 2 N–H and O–H groups in total. The van der Waals surface area contributed by atoms with Crippen molar-refractivity contribution in [1.82, 2.24) is 10.2 Å². The Balaban J connectivity index is 1.87. The lowest BCUT2D eigenvalue weighted by molar-refractivity contribution is 1.10. The predicted molar refractivity (Wildman–Crippen MR) is 74.6 cm³/mol. The summed E-state index contributed by atoms with van der Waals surface area (Å²) in [5.74, 6) is 0. The minimum Gasteiger partial charge on any atom is -0.379 e. The van der Waals surface area contributed by atoms with Crippen LogP contribution in [-0.2, 0) is 6.54 Å². The summed E-state index contributed by atoms with van der Waals surface area (Å²) in [5.41, 5.74) is 3.66. The normalized spacial score (nSPS) is 10.3. The van der Waals surface area contributed by atoms with Crippen LogP contribution in [-0.4, -0.2) is 10.2 Å². The number of fused-ring (bicyclic) bond motifs is 1. The highest BCUT2D eigenvalue weighted by Crippen LogP contribution is 2.21. The monoisotopic (exact) mass is 248 g/mol. The fourth-order valence-corrected chi connectivity index (χ4v) is 2.09. The zero-order valence-corrected chi connectivity index (χ0v) is 10.2. The first-order chi connectivity index (χ1) is 9.38. The largest absolute Gasteiger partial charge is 0.379 e. The standard InChI is InChI=1S/C15H12N4/c16-8-11-4-1-2-5-12(11)9-17-14-7-3-6-13-10-18-19-15(13)14/h1-7,10,17H,9H2,(H,18,19). The van der Waals surface area contributed by atoms with E-state index < -0.39 is 0 Å². The van der Waals surface area contributed by atoms with Gasteiger partial charge in [-0.15, -0.1) is 0 Å². The van der Waals surface area contributed by atoms with Crippen molar-refractivity contribution in [2.45, 2.75) is 6.54 Å². The van der Waals surface area contributed by atoms with Crippen LogP contribution in [0.5, 0.6) is 0 Å². The lowest BCUT2D eigenvalue weighted by Gasteiger charge is -2.08. The fraction of sp³-hybridized carbons (Fsp3) is 0.0667. The van der Waals surface area contributed by atoms with Crippen molar-refractivity contribution in [2.75, 3.05) is 5.32 Å². The van der Waals surface area contributed by atoms with Gasteiger partial charge in [0.2, 0.25) is 0 Å². The maximum absolute atomic E-state index is 9.06. The summed E-state index contributed by atoms with van der Waals surface area (Å²) in [4.78, 5) is 0. The van der Waals surface area contributed by atoms with Gasteiger partial charge in [0, 0.05) is 11.9 Å². The number of benzene rings is 2. The second kappa shape index (κ2) is 4.83. The van der Waals surface area contributed by atoms with E-state index in [2.05, 4.69) is 21.6 Å². The van der Waals surface area contributed by atoms with Gasteiger partial charge in [0.15, 0.2) is 0 Å². The van der Waals surface area contributed by atoms with E-state index in [0.29, 0.717) is 12.1 Å². The molecule has 0 saturated carbocycles. The van der Waals surface area contributed by atoms with Crippen LogP contribution in [0.15, 0.2) is 48.7 Å². The molecule has 0 aliphatic heterocycles. The second-order valence-corrected chi connectivity index (χ2v) is 4.26. The molecule has 4 heteroatoms. The molecule has 0 aliphatic carbocycles. The summed E-state index contributed by atoms with van der Waals surface area (Å²) in [6.45, 7) is 0.613. The van der Waals surface area contributed by atoms with E-state index in [9.17, 15) is 0 Å². The Morgan fingerprint density at radius 1 is 1.16 bits per heavy atom. The average molecular weight is 248 g/mol. The summed E-state index contributed by atoms with van der Waals surface area (Å²) in [5, 5.41) is 20.5. The van der Waals surface area contributed by atoms with Gasteiger partial charge in [0.1, 0.15) is 0 Å². The Bertz CT molecular complexity index is 752. The number of para-hydroxylation sites is 1. The molecule has 0 amide bonds. The summed E-state index contributed by atoms with van der Waals surface area (Å²) < 4.78 is 0. The number of nitrogens with zero attached hydrogens (tertiary/aromatic N) is 2. The van der Waals surface area contributed by atoms with Crippen molar-refractivity contribution in [2.24, 2.45) is 0 Å². The molecule has 0 unspecified atom stereocenters. The Morgan fingerprint density at radius 2 is 2.05 bits per heavy atom. The summed E-state index contributed by atoms with van der Waals surface area (Å²) in [7, 11) is 0. The van der Waals surface area contributed by atoms with Gasteiger partial charge in [-0.25, -0.2) is 0 Å². The highest BCUT2D eigenvalue weighted by molar-refractivity contribution is 5.89. The van der Waals surface area contributed by atoms with Crippen LogP contribution in [0.25, 0.3) is 10.9 Å². The maximum Gasteiger partial charge on any atom is 0.0995 e. The van der Waals surface area contributed by atoms with Gasteiger partial charge in [-0.05, 0) is 17.7 Å². The molecule has 3 aromatic rings. The molecule has 0 spiro atoms. The van der Waals surface area contributed by atoms with E-state index in [-0.39, 0.29) is 0 Å². The van der Waals surface area contributed by atoms with Crippen LogP contribution in [0.2, 0.25) is 0 Å². The van der Waals surface area contributed by atoms with Gasteiger partial charge >= 0.3 is 0 Å². The van der Waals surface area contributed by atoms with E-state index in [1.54, 1.807) is 6.20 Å². The highest BCUT2D eigenvalue weighted by Gasteiger charge is 2.04. The molecule has 0 aliphatic rings. The Kier molecular flexibility index (Phi) is 2.87. The van der Waals surface area contributed by atoms with Crippen LogP contribution >= 0.6 is 0 Å². The molecule has 19 heavy (non-hydrogen) atoms. The molecule has 0 fully saturated rings. The van der Waals surface area contributed by atoms with E-state index in [4.69, 9.17) is 5.26 Å². The number of H-pyrrole nitrogens is 1. The van der Waals surface area contributed by atoms with Gasteiger partial charge in [-0.1, -0.05) is 30.3 Å². The predicted octanol–water partition coefficient (Wildman–Crippen LogP) is 3.05. The fourth-order valence-electron chi connectivity index (χ4n) is 2.09. The topological polar surface area (TPSA) is 64.5 Å². The first-order valence-corrected chi connectivity index (χ1v) is 6.02. The molecular formula is C15H12N4. The molecule has 1 heterocycles. The van der Waals surface area contributed by atoms with Gasteiger partial charge in [-0.3, -0.25) is 5.10 Å². The second-order valence-electron chi connectivity index (χ2n) is 4.26. The number of aromatic amines is 1. The third-order valence-electron chi connectivity index (χ3n) is 3.08. The lowest BCUT2D eigenvalue weighted by Crippen LogP contribution is -2.01. The average Bonchev–Trinajstić information content (AvgIpc) is 2.94. The number of hydrogen-bond donors (Lipinski definition) is 2. The number of anilines is 1.